The Balaban J connectivity index is 1.97. The molecule has 4 nitrogen and oxygen atoms in total. The number of rotatable bonds is 2. The fourth-order valence-electron chi connectivity index (χ4n) is 2.21. The number of Topliss-reactive ketones (excluding diaryl/α,β-unsaturated/α-hetero) is 1. The normalized spacial score (nSPS) is 15.8. The molecule has 0 saturated heterocycles. The molecule has 1 heterocycles. The van der Waals surface area contributed by atoms with E-state index in [4.69, 9.17) is 0 Å². The van der Waals surface area contributed by atoms with Crippen LogP contribution in [0.25, 0.3) is 6.08 Å². The van der Waals surface area contributed by atoms with Crippen molar-refractivity contribution in [2.24, 2.45) is 0 Å². The molecule has 1 aliphatic rings. The van der Waals surface area contributed by atoms with Crippen molar-refractivity contribution in [1.82, 2.24) is 0 Å². The number of nitro groups is 1. The molecule has 0 fully saturated rings. The van der Waals surface area contributed by atoms with Crippen molar-refractivity contribution in [3.8, 4) is 0 Å². The van der Waals surface area contributed by atoms with Gasteiger partial charge in [-0.15, -0.1) is 11.8 Å². The third kappa shape index (κ3) is 2.73. The maximum absolute atomic E-state index is 12.4. The first kappa shape index (κ1) is 13.6. The van der Waals surface area contributed by atoms with Gasteiger partial charge < -0.3 is 0 Å². The Bertz CT molecular complexity index is 768. The number of carbonyl (C=O) groups excluding carboxylic acids is 1. The zero-order valence-electron chi connectivity index (χ0n) is 11.0. The number of nitro benzene ring substituents is 1. The van der Waals surface area contributed by atoms with Gasteiger partial charge in [-0.3, -0.25) is 14.9 Å². The summed E-state index contributed by atoms with van der Waals surface area (Å²) in [5, 5.41) is 10.8. The molecule has 2 aromatic carbocycles. The summed E-state index contributed by atoms with van der Waals surface area (Å²) in [6.07, 6.45) is 1.73. The standard InChI is InChI=1S/C16H11NO3S/c18-16-12(10-21-15-7-2-1-6-14(15)16)8-11-4-3-5-13(9-11)17(19)20/h1-9H,10H2. The highest BCUT2D eigenvalue weighted by molar-refractivity contribution is 7.99. The largest absolute Gasteiger partial charge is 0.289 e. The fraction of sp³-hybridized carbons (Fsp3) is 0.0625. The number of hydrogen-bond acceptors (Lipinski definition) is 4. The molecule has 0 aliphatic carbocycles. The highest BCUT2D eigenvalue weighted by Gasteiger charge is 2.21. The molecule has 0 N–H and O–H groups in total. The number of fused-ring (bicyclic) bond motifs is 1. The van der Waals surface area contributed by atoms with E-state index in [1.54, 1.807) is 30.0 Å². The Hall–Kier alpha value is -2.40. The summed E-state index contributed by atoms with van der Waals surface area (Å²) in [5.41, 5.74) is 2.07. The lowest BCUT2D eigenvalue weighted by Gasteiger charge is -2.16. The molecule has 0 radical (unpaired) electrons. The van der Waals surface area contributed by atoms with Gasteiger partial charge in [-0.2, -0.15) is 0 Å². The highest BCUT2D eigenvalue weighted by atomic mass is 32.2. The van der Waals surface area contributed by atoms with Crippen molar-refractivity contribution in [3.05, 3.63) is 75.3 Å². The lowest BCUT2D eigenvalue weighted by atomic mass is 10.0. The number of thioether (sulfide) groups is 1. The zero-order chi connectivity index (χ0) is 14.8. The first-order chi connectivity index (χ1) is 10.1. The van der Waals surface area contributed by atoms with Crippen molar-refractivity contribution in [1.29, 1.82) is 0 Å². The van der Waals surface area contributed by atoms with Crippen molar-refractivity contribution in [2.45, 2.75) is 4.90 Å². The van der Waals surface area contributed by atoms with Crippen LogP contribution in [0.15, 0.2) is 59.0 Å². The zero-order valence-corrected chi connectivity index (χ0v) is 11.8. The average molecular weight is 297 g/mol. The van der Waals surface area contributed by atoms with Crippen molar-refractivity contribution in [3.63, 3.8) is 0 Å². The molecule has 0 spiro atoms. The van der Waals surface area contributed by atoms with E-state index < -0.39 is 4.92 Å². The van der Waals surface area contributed by atoms with Gasteiger partial charge in [-0.1, -0.05) is 24.3 Å². The van der Waals surface area contributed by atoms with Crippen molar-refractivity contribution >= 4 is 29.3 Å². The quantitative estimate of drug-likeness (QED) is 0.478. The number of non-ortho nitro benzene ring substituents is 1. The topological polar surface area (TPSA) is 60.2 Å². The van der Waals surface area contributed by atoms with E-state index in [0.717, 1.165) is 4.90 Å². The van der Waals surface area contributed by atoms with E-state index in [9.17, 15) is 14.9 Å². The molecule has 0 bridgehead atoms. The Morgan fingerprint density at radius 1 is 1.14 bits per heavy atom. The molecule has 5 heteroatoms. The van der Waals surface area contributed by atoms with E-state index >= 15 is 0 Å². The predicted octanol–water partition coefficient (Wildman–Crippen LogP) is 3.97. The summed E-state index contributed by atoms with van der Waals surface area (Å²) in [7, 11) is 0. The van der Waals surface area contributed by atoms with Gasteiger partial charge in [-0.25, -0.2) is 0 Å². The van der Waals surface area contributed by atoms with Crippen LogP contribution in [0.3, 0.4) is 0 Å². The third-order valence-electron chi connectivity index (χ3n) is 3.23. The molecule has 0 saturated carbocycles. The van der Waals surface area contributed by atoms with Crippen LogP contribution in [0.5, 0.6) is 0 Å². The number of hydrogen-bond donors (Lipinski definition) is 0. The second kappa shape index (κ2) is 5.54. The van der Waals surface area contributed by atoms with E-state index in [2.05, 4.69) is 0 Å². The van der Waals surface area contributed by atoms with E-state index in [1.165, 1.54) is 12.1 Å². The smallest absolute Gasteiger partial charge is 0.270 e. The molecule has 0 unspecified atom stereocenters. The SMILES string of the molecule is O=C1C(=Cc2cccc([N+](=O)[O-])c2)CSc2ccccc21. The average Bonchev–Trinajstić information content (AvgIpc) is 2.51. The van der Waals surface area contributed by atoms with Crippen molar-refractivity contribution in [2.75, 3.05) is 5.75 Å². The van der Waals surface area contributed by atoms with Gasteiger partial charge in [0.15, 0.2) is 5.78 Å². The summed E-state index contributed by atoms with van der Waals surface area (Å²) >= 11 is 1.61. The Morgan fingerprint density at radius 3 is 2.76 bits per heavy atom. The van der Waals surface area contributed by atoms with Crippen LogP contribution in [0.1, 0.15) is 15.9 Å². The second-order valence-corrected chi connectivity index (χ2v) is 5.65. The molecule has 0 amide bonds. The third-order valence-corrected chi connectivity index (χ3v) is 4.35. The molecule has 21 heavy (non-hydrogen) atoms. The monoisotopic (exact) mass is 297 g/mol. The molecule has 2 aromatic rings. The molecule has 1 aliphatic heterocycles. The van der Waals surface area contributed by atoms with Gasteiger partial charge in [0, 0.05) is 33.9 Å². The lowest BCUT2D eigenvalue weighted by Crippen LogP contribution is -2.12. The minimum absolute atomic E-state index is 0.00384. The van der Waals surface area contributed by atoms with Crippen LogP contribution in [0.4, 0.5) is 5.69 Å². The van der Waals surface area contributed by atoms with Gasteiger partial charge in [0.05, 0.1) is 4.92 Å². The number of carbonyl (C=O) groups is 1. The minimum Gasteiger partial charge on any atom is -0.289 e. The first-order valence-corrected chi connectivity index (χ1v) is 7.35. The summed E-state index contributed by atoms with van der Waals surface area (Å²) in [6.45, 7) is 0. The Labute approximate surface area is 125 Å². The maximum Gasteiger partial charge on any atom is 0.270 e. The summed E-state index contributed by atoms with van der Waals surface area (Å²) < 4.78 is 0. The number of nitrogens with zero attached hydrogens (tertiary/aromatic N) is 1. The first-order valence-electron chi connectivity index (χ1n) is 6.37. The van der Waals surface area contributed by atoms with Gasteiger partial charge in [0.25, 0.3) is 5.69 Å². The molecule has 0 atom stereocenters. The van der Waals surface area contributed by atoms with Crippen LogP contribution in [-0.4, -0.2) is 16.5 Å². The van der Waals surface area contributed by atoms with Crippen LogP contribution >= 0.6 is 11.8 Å². The van der Waals surface area contributed by atoms with Gasteiger partial charge in [-0.05, 0) is 23.8 Å². The Morgan fingerprint density at radius 2 is 1.95 bits per heavy atom. The molecule has 0 aromatic heterocycles. The molecule has 104 valence electrons. The van der Waals surface area contributed by atoms with Crippen LogP contribution in [0.2, 0.25) is 0 Å². The second-order valence-electron chi connectivity index (χ2n) is 4.64. The number of benzene rings is 2. The van der Waals surface area contributed by atoms with Crippen LogP contribution in [-0.2, 0) is 0 Å². The van der Waals surface area contributed by atoms with Crippen molar-refractivity contribution < 1.29 is 9.72 Å². The molecular formula is C16H11NO3S. The van der Waals surface area contributed by atoms with Gasteiger partial charge in [0.2, 0.25) is 0 Å². The lowest BCUT2D eigenvalue weighted by molar-refractivity contribution is -0.384. The Kier molecular flexibility index (Phi) is 3.58. The van der Waals surface area contributed by atoms with Crippen LogP contribution < -0.4 is 0 Å². The van der Waals surface area contributed by atoms with Crippen LogP contribution in [0, 0.1) is 10.1 Å². The van der Waals surface area contributed by atoms with E-state index in [0.29, 0.717) is 22.5 Å². The minimum atomic E-state index is -0.436. The van der Waals surface area contributed by atoms with E-state index in [1.807, 2.05) is 24.3 Å². The molecule has 3 rings (SSSR count). The predicted molar refractivity (Wildman–Crippen MR) is 82.6 cm³/mol. The fourth-order valence-corrected chi connectivity index (χ4v) is 3.23. The van der Waals surface area contributed by atoms with E-state index in [-0.39, 0.29) is 11.5 Å². The maximum atomic E-state index is 12.4. The van der Waals surface area contributed by atoms with Gasteiger partial charge >= 0.3 is 0 Å². The highest BCUT2D eigenvalue weighted by Crippen LogP contribution is 2.33. The number of ketones is 1. The summed E-state index contributed by atoms with van der Waals surface area (Å²) in [4.78, 5) is 23.8. The molecular weight excluding hydrogens is 286 g/mol. The summed E-state index contributed by atoms with van der Waals surface area (Å²) in [5.74, 6) is 0.578. The summed E-state index contributed by atoms with van der Waals surface area (Å²) in [6, 6.07) is 13.8. The van der Waals surface area contributed by atoms with Gasteiger partial charge in [0.1, 0.15) is 0 Å².